The number of morpholine rings is 1. The van der Waals surface area contributed by atoms with E-state index in [1.807, 2.05) is 24.3 Å². The number of piperazine rings is 1. The van der Waals surface area contributed by atoms with Crippen LogP contribution >= 0.6 is 11.8 Å². The van der Waals surface area contributed by atoms with Crippen LogP contribution in [0.1, 0.15) is 19.0 Å². The second kappa shape index (κ2) is 10.8. The minimum atomic E-state index is -0.266. The number of carbonyl (C=O) groups is 1. The van der Waals surface area contributed by atoms with Gasteiger partial charge in [-0.15, -0.1) is 0 Å². The lowest BCUT2D eigenvalue weighted by molar-refractivity contribution is -0.113. The number of ether oxygens (including phenoxy) is 1. The Labute approximate surface area is 225 Å². The van der Waals surface area contributed by atoms with Crippen LogP contribution in [0.25, 0.3) is 23.0 Å². The first-order valence-electron chi connectivity index (χ1n) is 13.1. The normalized spacial score (nSPS) is 20.1. The van der Waals surface area contributed by atoms with E-state index in [0.29, 0.717) is 51.6 Å². The van der Waals surface area contributed by atoms with Gasteiger partial charge in [0.2, 0.25) is 0 Å². The van der Waals surface area contributed by atoms with Crippen LogP contribution in [0.15, 0.2) is 46.4 Å². The van der Waals surface area contributed by atoms with Crippen molar-refractivity contribution in [1.82, 2.24) is 24.4 Å². The molecule has 5 heterocycles. The van der Waals surface area contributed by atoms with Crippen molar-refractivity contribution in [3.8, 4) is 11.3 Å². The molecule has 3 aromatic rings. The molecule has 6 rings (SSSR count). The summed E-state index contributed by atoms with van der Waals surface area (Å²) in [5.41, 5.74) is 3.27. The van der Waals surface area contributed by atoms with E-state index in [1.165, 1.54) is 11.8 Å². The molecule has 1 aromatic carbocycles. The van der Waals surface area contributed by atoms with Gasteiger partial charge in [-0.1, -0.05) is 13.0 Å². The highest BCUT2D eigenvalue weighted by molar-refractivity contribution is 8.18. The summed E-state index contributed by atoms with van der Waals surface area (Å²) in [6.45, 7) is 9.51. The minimum Gasteiger partial charge on any atom is -0.378 e. The molecule has 0 radical (unpaired) electrons. The van der Waals surface area contributed by atoms with Crippen molar-refractivity contribution < 1.29 is 13.9 Å². The largest absolute Gasteiger partial charge is 0.378 e. The zero-order valence-corrected chi connectivity index (χ0v) is 22.2. The number of rotatable bonds is 5. The van der Waals surface area contributed by atoms with Gasteiger partial charge in [0.25, 0.3) is 5.91 Å². The molecule has 2 fully saturated rings. The van der Waals surface area contributed by atoms with Crippen LogP contribution in [0.3, 0.4) is 0 Å². The van der Waals surface area contributed by atoms with E-state index in [-0.39, 0.29) is 11.7 Å². The zero-order chi connectivity index (χ0) is 26.1. The van der Waals surface area contributed by atoms with Crippen LogP contribution < -0.4 is 4.90 Å². The second-order valence-electron chi connectivity index (χ2n) is 9.58. The van der Waals surface area contributed by atoms with Gasteiger partial charge in [0.05, 0.1) is 41.4 Å². The first kappa shape index (κ1) is 25.0. The summed E-state index contributed by atoms with van der Waals surface area (Å²) >= 11 is 1.36. The third-order valence-electron chi connectivity index (χ3n) is 7.05. The summed E-state index contributed by atoms with van der Waals surface area (Å²) in [7, 11) is 0. The minimum absolute atomic E-state index is 0.250. The van der Waals surface area contributed by atoms with E-state index in [0.717, 1.165) is 52.2 Å². The summed E-state index contributed by atoms with van der Waals surface area (Å²) in [5, 5.41) is 5.41. The van der Waals surface area contributed by atoms with Gasteiger partial charge in [0, 0.05) is 44.8 Å². The Kier molecular flexibility index (Phi) is 7.14. The topological polar surface area (TPSA) is 78.6 Å². The van der Waals surface area contributed by atoms with Crippen LogP contribution in [0.4, 0.5) is 10.1 Å². The average molecular weight is 536 g/mol. The number of amides is 1. The Morgan fingerprint density at radius 1 is 1.05 bits per heavy atom. The van der Waals surface area contributed by atoms with Crippen molar-refractivity contribution in [2.75, 3.05) is 63.9 Å². The smallest absolute Gasteiger partial charge is 0.286 e. The first-order valence-corrected chi connectivity index (χ1v) is 13.9. The molecule has 3 aliphatic heterocycles. The Bertz CT molecular complexity index is 1410. The van der Waals surface area contributed by atoms with Gasteiger partial charge in [0.15, 0.2) is 10.8 Å². The highest BCUT2D eigenvalue weighted by Crippen LogP contribution is 2.31. The fourth-order valence-corrected chi connectivity index (χ4v) is 5.98. The van der Waals surface area contributed by atoms with Gasteiger partial charge in [-0.3, -0.25) is 9.69 Å². The molecule has 38 heavy (non-hydrogen) atoms. The number of imidazole rings is 1. The van der Waals surface area contributed by atoms with Crippen molar-refractivity contribution in [1.29, 1.82) is 0 Å². The van der Waals surface area contributed by atoms with E-state index in [1.54, 1.807) is 22.9 Å². The van der Waals surface area contributed by atoms with Crippen molar-refractivity contribution in [2.24, 2.45) is 4.99 Å². The third kappa shape index (κ3) is 5.05. The molecule has 0 saturated carbocycles. The first-order chi connectivity index (χ1) is 18.6. The fourth-order valence-electron chi connectivity index (χ4n) is 5.03. The molecule has 11 heteroatoms. The number of hydrogen-bond donors (Lipinski definition) is 0. The lowest BCUT2D eigenvalue weighted by atomic mass is 10.1. The highest BCUT2D eigenvalue weighted by Gasteiger charge is 2.27. The maximum absolute atomic E-state index is 15.3. The molecule has 0 spiro atoms. The molecule has 1 amide bonds. The van der Waals surface area contributed by atoms with Crippen LogP contribution in [-0.4, -0.2) is 94.5 Å². The molecular formula is C27H30FN7O2S. The number of anilines is 1. The van der Waals surface area contributed by atoms with Crippen LogP contribution in [-0.2, 0) is 9.53 Å². The van der Waals surface area contributed by atoms with Crippen molar-refractivity contribution >= 4 is 40.2 Å². The van der Waals surface area contributed by atoms with Crippen molar-refractivity contribution in [2.45, 2.75) is 13.3 Å². The van der Waals surface area contributed by atoms with Crippen molar-refractivity contribution in [3.63, 3.8) is 0 Å². The summed E-state index contributed by atoms with van der Waals surface area (Å²) in [6.07, 6.45) is 4.58. The zero-order valence-electron chi connectivity index (χ0n) is 21.3. The lowest BCUT2D eigenvalue weighted by Crippen LogP contribution is -2.46. The number of fused-ring (bicyclic) bond motifs is 1. The number of nitrogens with zero attached hydrogens (tertiary/aromatic N) is 7. The number of hydrogen-bond acceptors (Lipinski definition) is 8. The Morgan fingerprint density at radius 2 is 1.87 bits per heavy atom. The summed E-state index contributed by atoms with van der Waals surface area (Å²) in [5.74, 6) is -0.516. The number of amidine groups is 1. The number of aromatic nitrogens is 3. The maximum atomic E-state index is 15.3. The summed E-state index contributed by atoms with van der Waals surface area (Å²) < 4.78 is 22.4. The molecule has 3 aliphatic rings. The maximum Gasteiger partial charge on any atom is 0.286 e. The standard InChI is InChI=1S/C27H30FN7O2S/c1-2-7-32-8-10-33(11-9-32)22-5-3-19(16-21(22)28)23-18-29-25-6-4-20(31-35(23)25)17-24-26(36)30-27(38-24)34-12-14-37-15-13-34/h3-6,16-18H,2,7-15H2,1H3/b24-17-. The molecule has 0 aliphatic carbocycles. The average Bonchev–Trinajstić information content (AvgIpc) is 3.53. The second-order valence-corrected chi connectivity index (χ2v) is 10.6. The number of thioether (sulfide) groups is 1. The van der Waals surface area contributed by atoms with Crippen LogP contribution in [0.2, 0.25) is 0 Å². The van der Waals surface area contributed by atoms with Gasteiger partial charge < -0.3 is 14.5 Å². The van der Waals surface area contributed by atoms with Gasteiger partial charge >= 0.3 is 0 Å². The molecule has 0 atom stereocenters. The SMILES string of the molecule is CCCN1CCN(c2ccc(-c3cnc4ccc(/C=C5\SC(N6CCOCC6)=NC5=O)nn34)cc2F)CC1. The monoisotopic (exact) mass is 535 g/mol. The van der Waals surface area contributed by atoms with E-state index in [2.05, 4.69) is 31.6 Å². The molecule has 9 nitrogen and oxygen atoms in total. The van der Waals surface area contributed by atoms with E-state index >= 15 is 4.39 Å². The Morgan fingerprint density at radius 3 is 2.63 bits per heavy atom. The fraction of sp³-hybridized carbons (Fsp3) is 0.407. The number of halogens is 1. The number of benzene rings is 1. The molecule has 2 saturated heterocycles. The van der Waals surface area contributed by atoms with Crippen LogP contribution in [0, 0.1) is 5.82 Å². The predicted octanol–water partition coefficient (Wildman–Crippen LogP) is 3.37. The quantitative estimate of drug-likeness (QED) is 0.461. The summed E-state index contributed by atoms with van der Waals surface area (Å²) in [6, 6.07) is 9.00. The van der Waals surface area contributed by atoms with E-state index < -0.39 is 0 Å². The van der Waals surface area contributed by atoms with E-state index in [9.17, 15) is 4.79 Å². The summed E-state index contributed by atoms with van der Waals surface area (Å²) in [4.78, 5) is 28.4. The van der Waals surface area contributed by atoms with Crippen molar-refractivity contribution in [3.05, 3.63) is 52.9 Å². The van der Waals surface area contributed by atoms with E-state index in [4.69, 9.17) is 9.84 Å². The molecule has 0 N–H and O–H groups in total. The van der Waals surface area contributed by atoms with Gasteiger partial charge in [-0.05, 0) is 55.1 Å². The van der Waals surface area contributed by atoms with Gasteiger partial charge in [-0.25, -0.2) is 13.9 Å². The lowest BCUT2D eigenvalue weighted by Gasteiger charge is -2.36. The van der Waals surface area contributed by atoms with Gasteiger partial charge in [-0.2, -0.15) is 10.1 Å². The molecule has 0 unspecified atom stereocenters. The van der Waals surface area contributed by atoms with Crippen LogP contribution in [0.5, 0.6) is 0 Å². The molecule has 198 valence electrons. The third-order valence-corrected chi connectivity index (χ3v) is 8.09. The molecule has 2 aromatic heterocycles. The Balaban J connectivity index is 1.22. The van der Waals surface area contributed by atoms with Gasteiger partial charge in [0.1, 0.15) is 5.82 Å². The number of aliphatic imine (C=N–C) groups is 1. The number of carbonyl (C=O) groups excluding carboxylic acids is 1. The molecule has 0 bridgehead atoms. The highest BCUT2D eigenvalue weighted by atomic mass is 32.2. The predicted molar refractivity (Wildman–Crippen MR) is 148 cm³/mol. The Hall–Kier alpha value is -3.28. The molecular weight excluding hydrogens is 505 g/mol.